The molecule has 0 unspecified atom stereocenters. The van der Waals surface area contributed by atoms with Gasteiger partial charge in [-0.15, -0.1) is 16.4 Å². The van der Waals surface area contributed by atoms with Crippen LogP contribution in [0.25, 0.3) is 11.5 Å². The molecular formula is C25H19BBrN. The minimum absolute atomic E-state index is 1.08. The fourth-order valence-corrected chi connectivity index (χ4v) is 5.03. The second kappa shape index (κ2) is 6.92. The van der Waals surface area contributed by atoms with Gasteiger partial charge in [0.05, 0.1) is 4.47 Å². The molecule has 1 aliphatic rings. The van der Waals surface area contributed by atoms with E-state index in [4.69, 9.17) is 0 Å². The topological polar surface area (TPSA) is 3.88 Å². The second-order valence-electron chi connectivity index (χ2n) is 7.29. The van der Waals surface area contributed by atoms with Crippen LogP contribution in [0.15, 0.2) is 114 Å². The third-order valence-electron chi connectivity index (χ3n) is 5.82. The summed E-state index contributed by atoms with van der Waals surface area (Å²) in [6, 6.07) is 36.8. The highest BCUT2D eigenvalue weighted by molar-refractivity contribution is 9.10. The number of nitrogens with zero attached hydrogens (tertiary/aromatic N) is 1. The number of halogens is 1. The van der Waals surface area contributed by atoms with Crippen molar-refractivity contribution in [2.45, 2.75) is 0 Å². The first kappa shape index (κ1) is 17.2. The van der Waals surface area contributed by atoms with Crippen LogP contribution in [0.1, 0.15) is 11.3 Å². The maximum Gasteiger partial charge on any atom is 0.361 e. The Morgan fingerprint density at radius 3 is 1.71 bits per heavy atom. The highest BCUT2D eigenvalue weighted by Crippen LogP contribution is 2.31. The average molecular weight is 424 g/mol. The number of aromatic nitrogens is 1. The Morgan fingerprint density at radius 1 is 0.607 bits per heavy atom. The van der Waals surface area contributed by atoms with E-state index in [2.05, 4.69) is 136 Å². The van der Waals surface area contributed by atoms with Crippen LogP contribution in [0.2, 0.25) is 0 Å². The van der Waals surface area contributed by atoms with E-state index in [0.29, 0.717) is 0 Å². The van der Waals surface area contributed by atoms with Crippen molar-refractivity contribution in [2.75, 3.05) is 0 Å². The van der Waals surface area contributed by atoms with Crippen molar-refractivity contribution in [3.05, 3.63) is 125 Å². The molecule has 3 aromatic carbocycles. The molecule has 1 nitrogen and oxygen atoms in total. The van der Waals surface area contributed by atoms with E-state index in [1.165, 1.54) is 27.7 Å². The molecule has 0 spiro atoms. The average Bonchev–Trinajstić information content (AvgIpc) is 3.11. The van der Waals surface area contributed by atoms with E-state index in [1.807, 2.05) is 0 Å². The molecule has 3 heteroatoms. The van der Waals surface area contributed by atoms with E-state index < -0.39 is 6.28 Å². The van der Waals surface area contributed by atoms with Crippen molar-refractivity contribution < 1.29 is 4.48 Å². The summed E-state index contributed by atoms with van der Waals surface area (Å²) in [5.41, 5.74) is 6.44. The molecule has 0 fully saturated rings. The summed E-state index contributed by atoms with van der Waals surface area (Å²) in [4.78, 5) is 0. The first-order chi connectivity index (χ1) is 13.8. The van der Waals surface area contributed by atoms with Gasteiger partial charge >= 0.3 is 6.28 Å². The van der Waals surface area contributed by atoms with Crippen LogP contribution in [0.4, 0.5) is 0 Å². The molecule has 134 valence electrons. The molecular weight excluding hydrogens is 405 g/mol. The third kappa shape index (κ3) is 2.58. The van der Waals surface area contributed by atoms with Gasteiger partial charge in [-0.2, -0.15) is 0 Å². The number of pyridine rings is 1. The minimum atomic E-state index is -1.34. The highest BCUT2D eigenvalue weighted by atomic mass is 79.9. The van der Waals surface area contributed by atoms with Crippen molar-refractivity contribution in [3.8, 4) is 0 Å². The molecule has 0 N–H and O–H groups in total. The molecule has 4 aromatic rings. The molecule has 5 rings (SSSR count). The predicted octanol–water partition coefficient (Wildman–Crippen LogP) is 4.44. The number of fused-ring (bicyclic) bond motifs is 1. The van der Waals surface area contributed by atoms with Gasteiger partial charge in [-0.3, -0.25) is 0 Å². The Labute approximate surface area is 174 Å². The summed E-state index contributed by atoms with van der Waals surface area (Å²) in [7, 11) is 0. The zero-order valence-electron chi connectivity index (χ0n) is 15.4. The summed E-state index contributed by atoms with van der Waals surface area (Å²) >= 11 is 3.70. The van der Waals surface area contributed by atoms with Gasteiger partial charge in [0.25, 0.3) is 0 Å². The Balaban J connectivity index is 1.92. The lowest BCUT2D eigenvalue weighted by molar-refractivity contribution is -0.539. The molecule has 0 amide bonds. The first-order valence-electron chi connectivity index (χ1n) is 9.55. The van der Waals surface area contributed by atoms with E-state index in [-0.39, 0.29) is 0 Å². The number of benzene rings is 3. The van der Waals surface area contributed by atoms with Crippen LogP contribution < -0.4 is 15.4 Å². The van der Waals surface area contributed by atoms with E-state index in [9.17, 15) is 0 Å². The van der Waals surface area contributed by atoms with Gasteiger partial charge in [0.15, 0.2) is 0 Å². The van der Waals surface area contributed by atoms with Crippen molar-refractivity contribution in [1.82, 2.24) is 0 Å². The first-order valence-corrected chi connectivity index (χ1v) is 10.3. The summed E-state index contributed by atoms with van der Waals surface area (Å²) in [6.07, 6.45) is 3.23. The van der Waals surface area contributed by atoms with Crippen LogP contribution >= 0.6 is 15.9 Å². The molecule has 0 aliphatic carbocycles. The quantitative estimate of drug-likeness (QED) is 0.429. The van der Waals surface area contributed by atoms with Crippen molar-refractivity contribution in [2.24, 2.45) is 0 Å². The van der Waals surface area contributed by atoms with Crippen molar-refractivity contribution in [1.29, 1.82) is 0 Å². The molecule has 1 aliphatic heterocycles. The molecule has 28 heavy (non-hydrogen) atoms. The SMILES string of the molecule is Brc1ccc2[n+](c1)[B-](c1ccccc1)(c1ccccc1)C(c1ccccc1)=C2. The summed E-state index contributed by atoms with van der Waals surface area (Å²) in [5.74, 6) is 0. The Bertz CT molecular complexity index is 1120. The van der Waals surface area contributed by atoms with Crippen LogP contribution in [0.5, 0.6) is 0 Å². The monoisotopic (exact) mass is 423 g/mol. The Morgan fingerprint density at radius 2 is 1.14 bits per heavy atom. The maximum absolute atomic E-state index is 3.70. The van der Waals surface area contributed by atoms with Crippen molar-refractivity contribution >= 4 is 44.7 Å². The van der Waals surface area contributed by atoms with Gasteiger partial charge in [0.2, 0.25) is 0 Å². The van der Waals surface area contributed by atoms with Crippen LogP contribution in [-0.2, 0) is 0 Å². The molecule has 1 aromatic heterocycles. The largest absolute Gasteiger partial charge is 0.408 e. The zero-order valence-corrected chi connectivity index (χ0v) is 17.0. The van der Waals surface area contributed by atoms with Crippen LogP contribution in [0, 0.1) is 0 Å². The van der Waals surface area contributed by atoms with Gasteiger partial charge in [-0.05, 0) is 28.1 Å². The summed E-state index contributed by atoms with van der Waals surface area (Å²) in [5, 5.41) is 0. The van der Waals surface area contributed by atoms with Gasteiger partial charge in [-0.25, -0.2) is 0 Å². The van der Waals surface area contributed by atoms with Gasteiger partial charge in [0, 0.05) is 6.07 Å². The fraction of sp³-hybridized carbons (Fsp3) is 0. The van der Waals surface area contributed by atoms with Gasteiger partial charge in [-0.1, -0.05) is 96.6 Å². The number of rotatable bonds is 3. The summed E-state index contributed by atoms with van der Waals surface area (Å²) < 4.78 is 3.54. The molecule has 0 bridgehead atoms. The lowest BCUT2D eigenvalue weighted by atomic mass is 9.23. The van der Waals surface area contributed by atoms with E-state index in [0.717, 1.165) is 4.47 Å². The normalized spacial score (nSPS) is 14.4. The third-order valence-corrected chi connectivity index (χ3v) is 6.28. The van der Waals surface area contributed by atoms with E-state index >= 15 is 0 Å². The molecule has 0 saturated heterocycles. The lowest BCUT2D eigenvalue weighted by Gasteiger charge is -2.35. The standard InChI is InChI=1S/C25H19BBrN/c27-23-16-17-24-18-25(20-10-4-1-5-11-20)26(28(24)19-23,21-12-6-2-7-13-21)22-14-8-3-9-15-22/h1-19H. The molecule has 0 atom stereocenters. The molecule has 0 radical (unpaired) electrons. The van der Waals surface area contributed by atoms with Crippen LogP contribution in [0.3, 0.4) is 0 Å². The lowest BCUT2D eigenvalue weighted by Crippen LogP contribution is -2.78. The Hall–Kier alpha value is -2.91. The fourth-order valence-electron chi connectivity index (χ4n) is 4.68. The number of hydrogen-bond donors (Lipinski definition) is 0. The van der Waals surface area contributed by atoms with Crippen molar-refractivity contribution in [3.63, 3.8) is 0 Å². The Kier molecular flexibility index (Phi) is 4.25. The molecule has 0 saturated carbocycles. The predicted molar refractivity (Wildman–Crippen MR) is 122 cm³/mol. The van der Waals surface area contributed by atoms with Gasteiger partial charge in [0.1, 0.15) is 11.9 Å². The summed E-state index contributed by atoms with van der Waals surface area (Å²) in [6.45, 7) is 0. The zero-order chi connectivity index (χ0) is 19.0. The molecule has 2 heterocycles. The number of hydrogen-bond acceptors (Lipinski definition) is 0. The second-order valence-corrected chi connectivity index (χ2v) is 8.20. The van der Waals surface area contributed by atoms with Crippen LogP contribution in [-0.4, -0.2) is 6.28 Å². The highest BCUT2D eigenvalue weighted by Gasteiger charge is 2.48. The minimum Gasteiger partial charge on any atom is -0.408 e. The van der Waals surface area contributed by atoms with E-state index in [1.54, 1.807) is 0 Å². The van der Waals surface area contributed by atoms with Gasteiger partial charge < -0.3 is 4.48 Å². The maximum atomic E-state index is 3.70. The smallest absolute Gasteiger partial charge is 0.361 e.